The van der Waals surface area contributed by atoms with E-state index in [9.17, 15) is 4.79 Å². The fourth-order valence-electron chi connectivity index (χ4n) is 3.11. The summed E-state index contributed by atoms with van der Waals surface area (Å²) in [7, 11) is 0. The molecule has 3 heteroatoms. The van der Waals surface area contributed by atoms with Crippen LogP contribution >= 0.6 is 0 Å². The van der Waals surface area contributed by atoms with E-state index in [4.69, 9.17) is 5.73 Å². The molecule has 0 saturated heterocycles. The van der Waals surface area contributed by atoms with Crippen LogP contribution in [-0.2, 0) is 11.2 Å². The average Bonchev–Trinajstić information content (AvgIpc) is 2.92. The molecule has 1 atom stereocenters. The number of hydrogen-bond acceptors (Lipinski definition) is 2. The lowest BCUT2D eigenvalue weighted by Gasteiger charge is -2.27. The van der Waals surface area contributed by atoms with Crippen LogP contribution in [0, 0.1) is 5.92 Å². The Morgan fingerprint density at radius 3 is 2.84 bits per heavy atom. The first-order chi connectivity index (χ1) is 9.24. The van der Waals surface area contributed by atoms with E-state index in [1.807, 2.05) is 12.1 Å². The first-order valence-corrected chi connectivity index (χ1v) is 7.07. The first kappa shape index (κ1) is 12.3. The fourth-order valence-corrected chi connectivity index (χ4v) is 3.11. The third-order valence-corrected chi connectivity index (χ3v) is 4.18. The Morgan fingerprint density at radius 2 is 2.05 bits per heavy atom. The second-order valence-electron chi connectivity index (χ2n) is 5.55. The molecule has 0 aliphatic heterocycles. The third kappa shape index (κ3) is 2.50. The molecule has 1 aromatic carbocycles. The molecular weight excluding hydrogens is 236 g/mol. The van der Waals surface area contributed by atoms with Crippen molar-refractivity contribution in [3.8, 4) is 0 Å². The fraction of sp³-hybridized carbons (Fsp3) is 0.438. The molecular formula is C16H20N2O. The number of rotatable bonds is 2. The van der Waals surface area contributed by atoms with Crippen molar-refractivity contribution >= 4 is 11.6 Å². The van der Waals surface area contributed by atoms with Crippen LogP contribution in [-0.4, -0.2) is 5.91 Å². The third-order valence-electron chi connectivity index (χ3n) is 4.18. The molecule has 0 bridgehead atoms. The Balaban J connectivity index is 1.74. The molecule has 3 rings (SSSR count). The van der Waals surface area contributed by atoms with E-state index in [0.29, 0.717) is 0 Å². The minimum absolute atomic E-state index is 0.138. The minimum Gasteiger partial charge on any atom is -0.399 e. The highest BCUT2D eigenvalue weighted by Gasteiger charge is 2.25. The van der Waals surface area contributed by atoms with E-state index in [1.165, 1.54) is 11.1 Å². The van der Waals surface area contributed by atoms with Crippen molar-refractivity contribution in [3.63, 3.8) is 0 Å². The van der Waals surface area contributed by atoms with Crippen LogP contribution in [0.25, 0.3) is 0 Å². The minimum atomic E-state index is 0.138. The van der Waals surface area contributed by atoms with E-state index in [2.05, 4.69) is 23.5 Å². The van der Waals surface area contributed by atoms with Gasteiger partial charge in [0.1, 0.15) is 0 Å². The van der Waals surface area contributed by atoms with Crippen molar-refractivity contribution in [1.82, 2.24) is 5.32 Å². The Kier molecular flexibility index (Phi) is 3.28. The molecule has 0 fully saturated rings. The highest BCUT2D eigenvalue weighted by Crippen LogP contribution is 2.31. The van der Waals surface area contributed by atoms with Crippen molar-refractivity contribution in [2.24, 2.45) is 5.92 Å². The van der Waals surface area contributed by atoms with Gasteiger partial charge in [0, 0.05) is 11.6 Å². The number of nitrogens with two attached hydrogens (primary N) is 1. The molecule has 0 spiro atoms. The number of anilines is 1. The smallest absolute Gasteiger partial charge is 0.224 e. The molecule has 19 heavy (non-hydrogen) atoms. The van der Waals surface area contributed by atoms with Crippen molar-refractivity contribution in [2.45, 2.75) is 38.1 Å². The lowest BCUT2D eigenvalue weighted by atomic mass is 9.87. The van der Waals surface area contributed by atoms with Crippen molar-refractivity contribution in [3.05, 3.63) is 41.5 Å². The Morgan fingerprint density at radius 1 is 1.26 bits per heavy atom. The highest BCUT2D eigenvalue weighted by atomic mass is 16.1. The molecule has 1 aromatic rings. The maximum absolute atomic E-state index is 12.2. The second-order valence-corrected chi connectivity index (χ2v) is 5.55. The number of carbonyl (C=O) groups is 1. The number of nitrogen functional groups attached to an aromatic ring is 1. The molecule has 1 unspecified atom stereocenters. The number of allylic oxidation sites excluding steroid dienone is 2. The number of nitrogens with one attached hydrogen (secondary N) is 1. The van der Waals surface area contributed by atoms with Gasteiger partial charge < -0.3 is 11.1 Å². The summed E-state index contributed by atoms with van der Waals surface area (Å²) in [6.07, 6.45) is 9.17. The normalized spacial score (nSPS) is 22.2. The number of benzene rings is 1. The zero-order valence-corrected chi connectivity index (χ0v) is 11.1. The van der Waals surface area contributed by atoms with Gasteiger partial charge in [-0.1, -0.05) is 18.2 Å². The van der Waals surface area contributed by atoms with Crippen molar-refractivity contribution < 1.29 is 4.79 Å². The van der Waals surface area contributed by atoms with Gasteiger partial charge in [-0.2, -0.15) is 0 Å². The topological polar surface area (TPSA) is 55.1 Å². The summed E-state index contributed by atoms with van der Waals surface area (Å²) < 4.78 is 0. The van der Waals surface area contributed by atoms with Crippen LogP contribution in [0.1, 0.15) is 42.9 Å². The predicted octanol–water partition coefficient (Wildman–Crippen LogP) is 2.73. The molecule has 0 heterocycles. The first-order valence-electron chi connectivity index (χ1n) is 7.07. The monoisotopic (exact) mass is 256 g/mol. The van der Waals surface area contributed by atoms with Crippen LogP contribution in [0.4, 0.5) is 5.69 Å². The lowest BCUT2D eigenvalue weighted by Crippen LogP contribution is -2.34. The zero-order valence-electron chi connectivity index (χ0n) is 11.1. The molecule has 3 nitrogen and oxygen atoms in total. The molecule has 0 saturated carbocycles. The molecule has 1 amide bonds. The molecule has 0 aromatic heterocycles. The maximum atomic E-state index is 12.2. The number of carbonyl (C=O) groups excluding carboxylic acids is 1. The van der Waals surface area contributed by atoms with Crippen LogP contribution in [0.2, 0.25) is 0 Å². The van der Waals surface area contributed by atoms with Gasteiger partial charge in [-0.15, -0.1) is 0 Å². The summed E-state index contributed by atoms with van der Waals surface area (Å²) in [6, 6.07) is 6.21. The van der Waals surface area contributed by atoms with Crippen LogP contribution < -0.4 is 11.1 Å². The molecule has 2 aliphatic carbocycles. The van der Waals surface area contributed by atoms with Crippen LogP contribution in [0.15, 0.2) is 30.4 Å². The van der Waals surface area contributed by atoms with E-state index < -0.39 is 0 Å². The van der Waals surface area contributed by atoms with Crippen LogP contribution in [0.3, 0.4) is 0 Å². The van der Waals surface area contributed by atoms with Crippen LogP contribution in [0.5, 0.6) is 0 Å². The summed E-state index contributed by atoms with van der Waals surface area (Å²) in [6.45, 7) is 0. The summed E-state index contributed by atoms with van der Waals surface area (Å²) in [4.78, 5) is 12.2. The standard InChI is InChI=1S/C16H20N2O/c17-13-8-9-14-12(10-13)6-3-7-15(14)18-16(19)11-4-1-2-5-11/h1-2,8-11,15H,3-7,17H2,(H,18,19). The number of hydrogen-bond donors (Lipinski definition) is 2. The van der Waals surface area contributed by atoms with Gasteiger partial charge in [-0.05, 0) is 55.4 Å². The Bertz CT molecular complexity index is 513. The average molecular weight is 256 g/mol. The summed E-state index contributed by atoms with van der Waals surface area (Å²) >= 11 is 0. The Hall–Kier alpha value is -1.77. The maximum Gasteiger partial charge on any atom is 0.224 e. The van der Waals surface area contributed by atoms with Gasteiger partial charge in [-0.3, -0.25) is 4.79 Å². The molecule has 100 valence electrons. The quantitative estimate of drug-likeness (QED) is 0.631. The van der Waals surface area contributed by atoms with Gasteiger partial charge in [0.15, 0.2) is 0 Å². The summed E-state index contributed by atoms with van der Waals surface area (Å²) in [5.41, 5.74) is 9.19. The summed E-state index contributed by atoms with van der Waals surface area (Å²) in [5.74, 6) is 0.332. The molecule has 2 aliphatic rings. The number of amides is 1. The second kappa shape index (κ2) is 5.08. The SMILES string of the molecule is Nc1ccc2c(c1)CCCC2NC(=O)C1CC=CC1. The summed E-state index contributed by atoms with van der Waals surface area (Å²) in [5, 5.41) is 3.22. The van der Waals surface area contributed by atoms with E-state index >= 15 is 0 Å². The zero-order chi connectivity index (χ0) is 13.2. The van der Waals surface area contributed by atoms with Crippen molar-refractivity contribution in [1.29, 1.82) is 0 Å². The Labute approximate surface area is 113 Å². The molecule has 3 N–H and O–H groups in total. The lowest BCUT2D eigenvalue weighted by molar-refractivity contribution is -0.125. The van der Waals surface area contributed by atoms with Gasteiger partial charge in [-0.25, -0.2) is 0 Å². The van der Waals surface area contributed by atoms with E-state index in [-0.39, 0.29) is 17.9 Å². The predicted molar refractivity (Wildman–Crippen MR) is 76.5 cm³/mol. The van der Waals surface area contributed by atoms with Gasteiger partial charge in [0.2, 0.25) is 5.91 Å². The van der Waals surface area contributed by atoms with Crippen molar-refractivity contribution in [2.75, 3.05) is 5.73 Å². The van der Waals surface area contributed by atoms with Gasteiger partial charge in [0.05, 0.1) is 6.04 Å². The largest absolute Gasteiger partial charge is 0.399 e. The highest BCUT2D eigenvalue weighted by molar-refractivity contribution is 5.80. The number of fused-ring (bicyclic) bond motifs is 1. The molecule has 0 radical (unpaired) electrons. The van der Waals surface area contributed by atoms with Gasteiger partial charge in [0.25, 0.3) is 0 Å². The van der Waals surface area contributed by atoms with E-state index in [1.54, 1.807) is 0 Å². The number of aryl methyl sites for hydroxylation is 1. The van der Waals surface area contributed by atoms with E-state index in [0.717, 1.165) is 37.8 Å². The van der Waals surface area contributed by atoms with Gasteiger partial charge >= 0.3 is 0 Å².